The summed E-state index contributed by atoms with van der Waals surface area (Å²) in [5.74, 6) is 0. The predicted octanol–water partition coefficient (Wildman–Crippen LogP) is 3.84. The van der Waals surface area contributed by atoms with Crippen molar-refractivity contribution in [2.75, 3.05) is 13.2 Å². The SMILES string of the molecule is CCCCCC(CCOC(=O)O)OCCCC. The molecule has 0 fully saturated rings. The van der Waals surface area contributed by atoms with E-state index in [-0.39, 0.29) is 12.7 Å². The van der Waals surface area contributed by atoms with Gasteiger partial charge in [-0.1, -0.05) is 39.5 Å². The summed E-state index contributed by atoms with van der Waals surface area (Å²) in [6.07, 6.45) is 6.32. The minimum atomic E-state index is -1.20. The van der Waals surface area contributed by atoms with Crippen LogP contribution < -0.4 is 0 Å². The van der Waals surface area contributed by atoms with Crippen LogP contribution in [-0.4, -0.2) is 30.6 Å². The zero-order chi connectivity index (χ0) is 12.9. The summed E-state index contributed by atoms with van der Waals surface area (Å²) < 4.78 is 10.3. The fourth-order valence-corrected chi connectivity index (χ4v) is 1.61. The average Bonchev–Trinajstić information content (AvgIpc) is 2.28. The molecular formula is C13H26O4. The lowest BCUT2D eigenvalue weighted by molar-refractivity contribution is 0.0177. The van der Waals surface area contributed by atoms with Crippen LogP contribution in [0.25, 0.3) is 0 Å². The Morgan fingerprint density at radius 1 is 1.06 bits per heavy atom. The fourth-order valence-electron chi connectivity index (χ4n) is 1.61. The van der Waals surface area contributed by atoms with Crippen LogP contribution in [0.4, 0.5) is 4.79 Å². The Labute approximate surface area is 104 Å². The molecule has 0 spiro atoms. The third kappa shape index (κ3) is 11.5. The Morgan fingerprint density at radius 2 is 1.76 bits per heavy atom. The smallest absolute Gasteiger partial charge is 0.450 e. The molecule has 1 atom stereocenters. The molecule has 1 N–H and O–H groups in total. The highest BCUT2D eigenvalue weighted by Gasteiger charge is 2.10. The Morgan fingerprint density at radius 3 is 2.35 bits per heavy atom. The summed E-state index contributed by atoms with van der Waals surface area (Å²) >= 11 is 0. The van der Waals surface area contributed by atoms with E-state index >= 15 is 0 Å². The molecule has 102 valence electrons. The molecule has 4 nitrogen and oxygen atoms in total. The van der Waals surface area contributed by atoms with E-state index in [1.54, 1.807) is 0 Å². The minimum absolute atomic E-state index is 0.146. The number of hydrogen-bond donors (Lipinski definition) is 1. The number of unbranched alkanes of at least 4 members (excludes halogenated alkanes) is 3. The number of hydrogen-bond acceptors (Lipinski definition) is 3. The van der Waals surface area contributed by atoms with Crippen molar-refractivity contribution in [1.82, 2.24) is 0 Å². The second kappa shape index (κ2) is 11.7. The first-order valence-corrected chi connectivity index (χ1v) is 6.68. The second-order valence-electron chi connectivity index (χ2n) is 4.25. The van der Waals surface area contributed by atoms with E-state index in [9.17, 15) is 4.79 Å². The van der Waals surface area contributed by atoms with Crippen LogP contribution in [0, 0.1) is 0 Å². The highest BCUT2D eigenvalue weighted by Crippen LogP contribution is 2.11. The van der Waals surface area contributed by atoms with Crippen molar-refractivity contribution < 1.29 is 19.4 Å². The van der Waals surface area contributed by atoms with E-state index in [4.69, 9.17) is 9.84 Å². The first kappa shape index (κ1) is 16.2. The lowest BCUT2D eigenvalue weighted by Gasteiger charge is -2.17. The summed E-state index contributed by atoms with van der Waals surface area (Å²) in [5, 5.41) is 8.39. The molecule has 4 heteroatoms. The number of carboxylic acid groups (broad SMARTS) is 1. The molecule has 0 aliphatic heterocycles. The molecule has 0 aromatic rings. The summed E-state index contributed by atoms with van der Waals surface area (Å²) in [6.45, 7) is 5.29. The summed E-state index contributed by atoms with van der Waals surface area (Å²) in [5.41, 5.74) is 0. The van der Waals surface area contributed by atoms with Gasteiger partial charge >= 0.3 is 6.16 Å². The van der Waals surface area contributed by atoms with Crippen molar-refractivity contribution >= 4 is 6.16 Å². The zero-order valence-corrected chi connectivity index (χ0v) is 11.1. The Balaban J connectivity index is 3.71. The molecular weight excluding hydrogens is 220 g/mol. The van der Waals surface area contributed by atoms with Gasteiger partial charge in [0.1, 0.15) is 0 Å². The molecule has 0 radical (unpaired) electrons. The van der Waals surface area contributed by atoms with Gasteiger partial charge in [-0.2, -0.15) is 0 Å². The number of carbonyl (C=O) groups is 1. The van der Waals surface area contributed by atoms with Gasteiger partial charge < -0.3 is 14.6 Å². The third-order valence-electron chi connectivity index (χ3n) is 2.65. The maximum atomic E-state index is 10.2. The summed E-state index contributed by atoms with van der Waals surface area (Å²) in [7, 11) is 0. The van der Waals surface area contributed by atoms with Gasteiger partial charge in [0.15, 0.2) is 0 Å². The van der Waals surface area contributed by atoms with Gasteiger partial charge in [-0.25, -0.2) is 4.79 Å². The molecule has 0 aliphatic carbocycles. The van der Waals surface area contributed by atoms with Gasteiger partial charge in [0.25, 0.3) is 0 Å². The van der Waals surface area contributed by atoms with Crippen LogP contribution in [0.5, 0.6) is 0 Å². The van der Waals surface area contributed by atoms with Crippen molar-refractivity contribution in [3.63, 3.8) is 0 Å². The Kier molecular flexibility index (Phi) is 11.2. The third-order valence-corrected chi connectivity index (χ3v) is 2.65. The molecule has 0 rings (SSSR count). The van der Waals surface area contributed by atoms with Gasteiger partial charge in [0.2, 0.25) is 0 Å². The highest BCUT2D eigenvalue weighted by atomic mass is 16.7. The predicted molar refractivity (Wildman–Crippen MR) is 67.4 cm³/mol. The molecule has 0 aromatic heterocycles. The Bertz CT molecular complexity index is 172. The largest absolute Gasteiger partial charge is 0.505 e. The van der Waals surface area contributed by atoms with Gasteiger partial charge in [-0.05, 0) is 12.8 Å². The molecule has 0 amide bonds. The summed E-state index contributed by atoms with van der Waals surface area (Å²) in [4.78, 5) is 10.2. The lowest BCUT2D eigenvalue weighted by atomic mass is 10.1. The monoisotopic (exact) mass is 246 g/mol. The van der Waals surface area contributed by atoms with Crippen molar-refractivity contribution in [1.29, 1.82) is 0 Å². The highest BCUT2D eigenvalue weighted by molar-refractivity contribution is 5.56. The van der Waals surface area contributed by atoms with Gasteiger partial charge in [0.05, 0.1) is 12.7 Å². The van der Waals surface area contributed by atoms with Crippen molar-refractivity contribution in [2.24, 2.45) is 0 Å². The van der Waals surface area contributed by atoms with E-state index < -0.39 is 6.16 Å². The van der Waals surface area contributed by atoms with E-state index in [1.165, 1.54) is 12.8 Å². The van der Waals surface area contributed by atoms with E-state index in [0.29, 0.717) is 6.42 Å². The van der Waals surface area contributed by atoms with Crippen molar-refractivity contribution in [3.8, 4) is 0 Å². The van der Waals surface area contributed by atoms with E-state index in [2.05, 4.69) is 18.6 Å². The van der Waals surface area contributed by atoms with Crippen LogP contribution >= 0.6 is 0 Å². The maximum Gasteiger partial charge on any atom is 0.505 e. The van der Waals surface area contributed by atoms with Crippen LogP contribution in [0.15, 0.2) is 0 Å². The van der Waals surface area contributed by atoms with E-state index in [1.807, 2.05) is 0 Å². The van der Waals surface area contributed by atoms with E-state index in [0.717, 1.165) is 32.3 Å². The topological polar surface area (TPSA) is 55.8 Å². The lowest BCUT2D eigenvalue weighted by Crippen LogP contribution is -2.17. The quantitative estimate of drug-likeness (QED) is 0.444. The number of ether oxygens (including phenoxy) is 2. The Hall–Kier alpha value is -0.770. The first-order chi connectivity index (χ1) is 8.20. The first-order valence-electron chi connectivity index (χ1n) is 6.68. The second-order valence-corrected chi connectivity index (χ2v) is 4.25. The normalized spacial score (nSPS) is 12.4. The molecule has 17 heavy (non-hydrogen) atoms. The van der Waals surface area contributed by atoms with Crippen molar-refractivity contribution in [3.05, 3.63) is 0 Å². The fraction of sp³-hybridized carbons (Fsp3) is 0.923. The molecule has 0 saturated carbocycles. The standard InChI is InChI=1S/C13H26O4/c1-3-5-7-8-12(16-10-6-4-2)9-11-17-13(14)15/h12H,3-11H2,1-2H3,(H,14,15). The molecule has 0 saturated heterocycles. The van der Waals surface area contributed by atoms with Crippen LogP contribution in [0.3, 0.4) is 0 Å². The van der Waals surface area contributed by atoms with Crippen LogP contribution in [-0.2, 0) is 9.47 Å². The average molecular weight is 246 g/mol. The molecule has 0 heterocycles. The minimum Gasteiger partial charge on any atom is -0.450 e. The molecule has 0 aliphatic rings. The van der Waals surface area contributed by atoms with Crippen LogP contribution in [0.1, 0.15) is 58.8 Å². The van der Waals surface area contributed by atoms with Gasteiger partial charge in [-0.15, -0.1) is 0 Å². The molecule has 0 bridgehead atoms. The zero-order valence-electron chi connectivity index (χ0n) is 11.1. The molecule has 1 unspecified atom stereocenters. The van der Waals surface area contributed by atoms with Gasteiger partial charge in [-0.3, -0.25) is 0 Å². The molecule has 0 aromatic carbocycles. The maximum absolute atomic E-state index is 10.2. The van der Waals surface area contributed by atoms with Crippen LogP contribution in [0.2, 0.25) is 0 Å². The summed E-state index contributed by atoms with van der Waals surface area (Å²) in [6, 6.07) is 0. The number of rotatable bonds is 11. The van der Waals surface area contributed by atoms with Crippen molar-refractivity contribution in [2.45, 2.75) is 64.9 Å². The van der Waals surface area contributed by atoms with Gasteiger partial charge in [0, 0.05) is 13.0 Å².